The van der Waals surface area contributed by atoms with Crippen LogP contribution in [-0.2, 0) is 17.6 Å². The fraction of sp³-hybridized carbons (Fsp3) is 0.632. The van der Waals surface area contributed by atoms with Gasteiger partial charge in [-0.05, 0) is 50.2 Å². The molecule has 0 saturated carbocycles. The molecule has 1 N–H and O–H groups in total. The Morgan fingerprint density at radius 2 is 1.96 bits per heavy atom. The van der Waals surface area contributed by atoms with Gasteiger partial charge in [-0.1, -0.05) is 6.42 Å². The van der Waals surface area contributed by atoms with Gasteiger partial charge in [0.2, 0.25) is 5.96 Å². The van der Waals surface area contributed by atoms with Crippen molar-refractivity contribution in [3.8, 4) is 0 Å². The van der Waals surface area contributed by atoms with Gasteiger partial charge in [0.1, 0.15) is 5.54 Å². The molecular weight excluding hydrogens is 348 g/mol. The Kier molecular flexibility index (Phi) is 4.50. The molecule has 1 spiro atoms. The molecule has 1 aromatic heterocycles. The second kappa shape index (κ2) is 6.68. The van der Waals surface area contributed by atoms with Crippen molar-refractivity contribution in [1.82, 2.24) is 15.1 Å². The maximum atomic E-state index is 13.0. The zero-order valence-corrected chi connectivity index (χ0v) is 16.3. The topological polar surface area (TPSA) is 65.0 Å². The Hall–Kier alpha value is -1.89. The number of thiophene rings is 1. The van der Waals surface area contributed by atoms with Crippen LogP contribution in [0.5, 0.6) is 0 Å². The predicted molar refractivity (Wildman–Crippen MR) is 103 cm³/mol. The number of nitrogens with one attached hydrogen (secondary N) is 1. The fourth-order valence-corrected chi connectivity index (χ4v) is 5.28. The zero-order chi connectivity index (χ0) is 18.3. The molecule has 0 bridgehead atoms. The van der Waals surface area contributed by atoms with Crippen LogP contribution in [0, 0.1) is 0 Å². The van der Waals surface area contributed by atoms with Crippen LogP contribution in [0.1, 0.15) is 52.2 Å². The number of carbonyl (C=O) groups is 2. The molecule has 1 fully saturated rings. The number of amides is 2. The van der Waals surface area contributed by atoms with Crippen LogP contribution in [0.25, 0.3) is 0 Å². The van der Waals surface area contributed by atoms with Crippen molar-refractivity contribution in [3.63, 3.8) is 0 Å². The quantitative estimate of drug-likeness (QED) is 0.765. The second-order valence-corrected chi connectivity index (χ2v) is 8.86. The van der Waals surface area contributed by atoms with Gasteiger partial charge in [-0.15, -0.1) is 11.3 Å². The molecule has 1 aromatic rings. The lowest BCUT2D eigenvalue weighted by atomic mass is 9.88. The molecule has 1 saturated heterocycles. The number of nitrogens with zero attached hydrogens (tertiary/aromatic N) is 3. The van der Waals surface area contributed by atoms with Gasteiger partial charge < -0.3 is 9.80 Å². The number of rotatable bonds is 1. The number of aryl methyl sites for hydroxylation is 2. The summed E-state index contributed by atoms with van der Waals surface area (Å²) in [6.45, 7) is 1.16. The minimum absolute atomic E-state index is 0.0314. The van der Waals surface area contributed by atoms with Gasteiger partial charge in [-0.3, -0.25) is 14.9 Å². The van der Waals surface area contributed by atoms with Crippen molar-refractivity contribution < 1.29 is 9.59 Å². The van der Waals surface area contributed by atoms with E-state index >= 15 is 0 Å². The Bertz CT molecular complexity index is 736. The first-order valence-electron chi connectivity index (χ1n) is 9.48. The van der Waals surface area contributed by atoms with Crippen LogP contribution in [-0.4, -0.2) is 60.3 Å². The normalized spacial score (nSPS) is 21.8. The summed E-state index contributed by atoms with van der Waals surface area (Å²) in [5.41, 5.74) is 0.683. The number of hydrogen-bond acceptors (Lipinski definition) is 5. The zero-order valence-electron chi connectivity index (χ0n) is 15.5. The first-order valence-corrected chi connectivity index (χ1v) is 10.3. The molecule has 3 aliphatic rings. The van der Waals surface area contributed by atoms with Crippen LogP contribution < -0.4 is 5.32 Å². The number of likely N-dealkylation sites (tertiary alicyclic amines) is 1. The van der Waals surface area contributed by atoms with E-state index in [4.69, 9.17) is 0 Å². The van der Waals surface area contributed by atoms with E-state index in [0.29, 0.717) is 31.9 Å². The van der Waals surface area contributed by atoms with Crippen LogP contribution in [0.2, 0.25) is 0 Å². The van der Waals surface area contributed by atoms with E-state index in [1.165, 1.54) is 29.7 Å². The summed E-state index contributed by atoms with van der Waals surface area (Å²) in [6.07, 6.45) is 7.14. The largest absolute Gasteiger partial charge is 0.349 e. The minimum Gasteiger partial charge on any atom is -0.349 e. The van der Waals surface area contributed by atoms with Gasteiger partial charge in [-0.25, -0.2) is 4.99 Å². The van der Waals surface area contributed by atoms with Gasteiger partial charge >= 0.3 is 0 Å². The van der Waals surface area contributed by atoms with Crippen molar-refractivity contribution in [1.29, 1.82) is 0 Å². The van der Waals surface area contributed by atoms with E-state index in [2.05, 4.69) is 16.4 Å². The van der Waals surface area contributed by atoms with E-state index in [1.54, 1.807) is 11.3 Å². The molecule has 0 radical (unpaired) electrons. The molecule has 140 valence electrons. The number of aliphatic imine (C=N–C) groups is 1. The molecule has 26 heavy (non-hydrogen) atoms. The predicted octanol–water partition coefficient (Wildman–Crippen LogP) is 2.04. The molecule has 0 unspecified atom stereocenters. The number of hydrogen-bond donors (Lipinski definition) is 1. The smallest absolute Gasteiger partial charge is 0.263 e. The van der Waals surface area contributed by atoms with Gasteiger partial charge in [-0.2, -0.15) is 0 Å². The summed E-state index contributed by atoms with van der Waals surface area (Å²) in [5, 5.41) is 2.86. The average molecular weight is 375 g/mol. The first-order chi connectivity index (χ1) is 12.5. The number of guanidine groups is 1. The Morgan fingerprint density at radius 1 is 1.23 bits per heavy atom. The molecule has 2 aliphatic heterocycles. The van der Waals surface area contributed by atoms with Crippen LogP contribution in [0.15, 0.2) is 11.1 Å². The van der Waals surface area contributed by atoms with Crippen molar-refractivity contribution in [2.45, 2.75) is 50.5 Å². The van der Waals surface area contributed by atoms with Crippen molar-refractivity contribution in [2.75, 3.05) is 27.2 Å². The van der Waals surface area contributed by atoms with E-state index in [1.807, 2.05) is 23.9 Å². The van der Waals surface area contributed by atoms with E-state index in [-0.39, 0.29) is 11.8 Å². The highest BCUT2D eigenvalue weighted by Gasteiger charge is 2.47. The third-order valence-electron chi connectivity index (χ3n) is 5.73. The van der Waals surface area contributed by atoms with Crippen LogP contribution in [0.4, 0.5) is 0 Å². The monoisotopic (exact) mass is 374 g/mol. The summed E-state index contributed by atoms with van der Waals surface area (Å²) in [5.74, 6) is 0.709. The maximum Gasteiger partial charge on any atom is 0.263 e. The van der Waals surface area contributed by atoms with Crippen LogP contribution in [0.3, 0.4) is 0 Å². The maximum absolute atomic E-state index is 13.0. The number of carbonyl (C=O) groups excluding carboxylic acids is 2. The van der Waals surface area contributed by atoms with Crippen molar-refractivity contribution in [3.05, 3.63) is 21.4 Å². The molecule has 1 aliphatic carbocycles. The molecular formula is C19H26N4O2S. The lowest BCUT2D eigenvalue weighted by Crippen LogP contribution is -2.50. The Balaban J connectivity index is 1.45. The summed E-state index contributed by atoms with van der Waals surface area (Å²) < 4.78 is 0. The molecule has 0 atom stereocenters. The second-order valence-electron chi connectivity index (χ2n) is 7.73. The van der Waals surface area contributed by atoms with Gasteiger partial charge in [0, 0.05) is 32.1 Å². The summed E-state index contributed by atoms with van der Waals surface area (Å²) in [7, 11) is 3.75. The van der Waals surface area contributed by atoms with Crippen molar-refractivity contribution in [2.24, 2.45) is 4.99 Å². The first kappa shape index (κ1) is 17.5. The standard InChI is InChI=1S/C19H26N4O2S/c1-22(2)18-20-17(25)19(21-18)8-10-23(11-9-19)16(24)15-12-13-6-4-3-5-7-14(13)26-15/h12H,3-11H2,1-2H3,(H,20,21,25). The molecule has 0 aromatic carbocycles. The van der Waals surface area contributed by atoms with Gasteiger partial charge in [0.05, 0.1) is 4.88 Å². The molecule has 4 rings (SSSR count). The Labute approximate surface area is 158 Å². The number of fused-ring (bicyclic) bond motifs is 1. The lowest BCUT2D eigenvalue weighted by Gasteiger charge is -2.35. The van der Waals surface area contributed by atoms with E-state index in [0.717, 1.165) is 17.7 Å². The number of piperidine rings is 1. The molecule has 2 amide bonds. The van der Waals surface area contributed by atoms with Crippen LogP contribution >= 0.6 is 11.3 Å². The fourth-order valence-electron chi connectivity index (χ4n) is 4.06. The third-order valence-corrected chi connectivity index (χ3v) is 6.95. The third kappa shape index (κ3) is 3.02. The minimum atomic E-state index is -0.691. The highest BCUT2D eigenvalue weighted by atomic mass is 32.1. The SMILES string of the molecule is CN(C)C1=NC2(CCN(C(=O)c3cc4c(s3)CCCCC4)CC2)C(=O)N1. The van der Waals surface area contributed by atoms with Gasteiger partial charge in [0.25, 0.3) is 11.8 Å². The highest BCUT2D eigenvalue weighted by Crippen LogP contribution is 2.33. The van der Waals surface area contributed by atoms with Crippen molar-refractivity contribution >= 4 is 29.1 Å². The van der Waals surface area contributed by atoms with E-state index < -0.39 is 5.54 Å². The average Bonchev–Trinajstić information content (AvgIpc) is 3.09. The Morgan fingerprint density at radius 3 is 2.65 bits per heavy atom. The lowest BCUT2D eigenvalue weighted by molar-refractivity contribution is -0.125. The summed E-state index contributed by atoms with van der Waals surface area (Å²) in [4.78, 5) is 36.0. The molecule has 7 heteroatoms. The molecule has 3 heterocycles. The summed E-state index contributed by atoms with van der Waals surface area (Å²) in [6, 6.07) is 2.11. The molecule has 6 nitrogen and oxygen atoms in total. The summed E-state index contributed by atoms with van der Waals surface area (Å²) >= 11 is 1.67. The van der Waals surface area contributed by atoms with Gasteiger partial charge in [0.15, 0.2) is 0 Å². The van der Waals surface area contributed by atoms with E-state index in [9.17, 15) is 9.59 Å². The highest BCUT2D eigenvalue weighted by molar-refractivity contribution is 7.14.